The molecule has 2 rings (SSSR count). The van der Waals surface area contributed by atoms with Crippen molar-refractivity contribution >= 4 is 21.6 Å². The van der Waals surface area contributed by atoms with Crippen LogP contribution >= 0.6 is 0 Å². The summed E-state index contributed by atoms with van der Waals surface area (Å²) >= 11 is 0. The molecule has 0 aliphatic carbocycles. The van der Waals surface area contributed by atoms with Gasteiger partial charge in [-0.05, 0) is 18.6 Å². The van der Waals surface area contributed by atoms with Crippen LogP contribution in [0.1, 0.15) is 16.8 Å². The minimum atomic E-state index is -2.97. The van der Waals surface area contributed by atoms with Gasteiger partial charge in [0, 0.05) is 19.3 Å². The molecule has 0 aromatic carbocycles. The number of carboxylic acids is 1. The highest BCUT2D eigenvalue weighted by atomic mass is 32.2. The second-order valence-electron chi connectivity index (χ2n) is 4.20. The van der Waals surface area contributed by atoms with Gasteiger partial charge < -0.3 is 10.0 Å². The van der Waals surface area contributed by atoms with Crippen LogP contribution in [-0.4, -0.2) is 49.1 Å². The summed E-state index contributed by atoms with van der Waals surface area (Å²) in [5, 5.41) is 8.90. The van der Waals surface area contributed by atoms with Gasteiger partial charge in [-0.3, -0.25) is 0 Å². The molecule has 0 saturated carbocycles. The molecule has 98 valence electrons. The topological polar surface area (TPSA) is 87.6 Å². The van der Waals surface area contributed by atoms with Crippen LogP contribution in [-0.2, 0) is 9.84 Å². The maximum absolute atomic E-state index is 11.5. The fraction of sp³-hybridized carbons (Fsp3) is 0.455. The predicted molar refractivity (Wildman–Crippen MR) is 66.7 cm³/mol. The summed E-state index contributed by atoms with van der Waals surface area (Å²) in [4.78, 5) is 16.8. The minimum absolute atomic E-state index is 0.0893. The number of sulfone groups is 1. The molecule has 0 unspecified atom stereocenters. The largest absolute Gasteiger partial charge is 0.478 e. The molecule has 1 saturated heterocycles. The van der Waals surface area contributed by atoms with E-state index in [1.165, 1.54) is 18.3 Å². The van der Waals surface area contributed by atoms with E-state index in [4.69, 9.17) is 5.11 Å². The first kappa shape index (κ1) is 12.8. The minimum Gasteiger partial charge on any atom is -0.478 e. The van der Waals surface area contributed by atoms with Crippen molar-refractivity contribution in [2.45, 2.75) is 6.42 Å². The van der Waals surface area contributed by atoms with Gasteiger partial charge in [0.1, 0.15) is 5.82 Å². The molecule has 1 N–H and O–H groups in total. The summed E-state index contributed by atoms with van der Waals surface area (Å²) in [7, 11) is -2.97. The van der Waals surface area contributed by atoms with E-state index in [2.05, 4.69) is 4.98 Å². The lowest BCUT2D eigenvalue weighted by Gasteiger charge is -2.20. The molecule has 1 fully saturated rings. The molecule has 1 aromatic heterocycles. The van der Waals surface area contributed by atoms with Gasteiger partial charge in [-0.1, -0.05) is 0 Å². The molecule has 0 radical (unpaired) electrons. The Hall–Kier alpha value is -1.63. The summed E-state index contributed by atoms with van der Waals surface area (Å²) in [6.45, 7) is 0.938. The molecule has 1 aromatic rings. The lowest BCUT2D eigenvalue weighted by molar-refractivity contribution is 0.0696. The average Bonchev–Trinajstić information content (AvgIpc) is 2.50. The van der Waals surface area contributed by atoms with Crippen LogP contribution < -0.4 is 4.90 Å². The quantitative estimate of drug-likeness (QED) is 0.837. The number of hydrogen-bond donors (Lipinski definition) is 1. The molecule has 6 nitrogen and oxygen atoms in total. The van der Waals surface area contributed by atoms with E-state index >= 15 is 0 Å². The Morgan fingerprint density at radius 1 is 1.33 bits per heavy atom. The molecule has 2 heterocycles. The number of carboxylic acid groups (broad SMARTS) is 1. The Bertz CT molecular complexity index is 556. The van der Waals surface area contributed by atoms with Crippen LogP contribution in [0.3, 0.4) is 0 Å². The van der Waals surface area contributed by atoms with Crippen molar-refractivity contribution in [3.05, 3.63) is 23.9 Å². The molecule has 0 atom stereocenters. The smallest absolute Gasteiger partial charge is 0.335 e. The van der Waals surface area contributed by atoms with E-state index in [0.29, 0.717) is 25.3 Å². The Morgan fingerprint density at radius 2 is 2.11 bits per heavy atom. The number of pyridine rings is 1. The van der Waals surface area contributed by atoms with Crippen molar-refractivity contribution in [3.63, 3.8) is 0 Å². The number of aromatic carboxylic acids is 1. The van der Waals surface area contributed by atoms with Crippen molar-refractivity contribution in [1.82, 2.24) is 4.98 Å². The van der Waals surface area contributed by atoms with Gasteiger partial charge in [0.25, 0.3) is 0 Å². The molecule has 0 spiro atoms. The van der Waals surface area contributed by atoms with Crippen LogP contribution in [0.15, 0.2) is 18.3 Å². The summed E-state index contributed by atoms with van der Waals surface area (Å²) in [5.74, 6) is -0.221. The van der Waals surface area contributed by atoms with Gasteiger partial charge in [-0.25, -0.2) is 18.2 Å². The van der Waals surface area contributed by atoms with Crippen LogP contribution in [0, 0.1) is 0 Å². The summed E-state index contributed by atoms with van der Waals surface area (Å²) in [6.07, 6.45) is 1.97. The zero-order valence-electron chi connectivity index (χ0n) is 9.74. The van der Waals surface area contributed by atoms with Crippen molar-refractivity contribution in [1.29, 1.82) is 0 Å². The average molecular weight is 270 g/mol. The number of aromatic nitrogens is 1. The molecule has 1 aliphatic rings. The Labute approximate surface area is 105 Å². The number of hydrogen-bond acceptors (Lipinski definition) is 5. The molecule has 7 heteroatoms. The monoisotopic (exact) mass is 270 g/mol. The lowest BCUT2D eigenvalue weighted by Crippen LogP contribution is -2.27. The fourth-order valence-corrected chi connectivity index (χ4v) is 3.16. The molecule has 1 aliphatic heterocycles. The number of anilines is 1. The third kappa shape index (κ3) is 2.98. The van der Waals surface area contributed by atoms with Crippen molar-refractivity contribution in [3.8, 4) is 0 Å². The van der Waals surface area contributed by atoms with E-state index in [1.54, 1.807) is 0 Å². The summed E-state index contributed by atoms with van der Waals surface area (Å²) < 4.78 is 23.0. The highest BCUT2D eigenvalue weighted by Gasteiger charge is 2.20. The normalized spacial score (nSPS) is 19.2. The molecule has 0 bridgehead atoms. The standard InChI is InChI=1S/C11H14N2O4S/c14-11(15)9-2-3-12-10(8-9)13-4-1-6-18(16,17)7-5-13/h2-3,8H,1,4-7H2,(H,14,15). The predicted octanol–water partition coefficient (Wildman–Crippen LogP) is 0.405. The molecular weight excluding hydrogens is 256 g/mol. The third-order valence-corrected chi connectivity index (χ3v) is 4.59. The molecule has 0 amide bonds. The second kappa shape index (κ2) is 4.93. The van der Waals surface area contributed by atoms with Gasteiger partial charge >= 0.3 is 5.97 Å². The summed E-state index contributed by atoms with van der Waals surface area (Å²) in [5.41, 5.74) is 0.159. The van der Waals surface area contributed by atoms with E-state index in [1.807, 2.05) is 4.90 Å². The summed E-state index contributed by atoms with van der Waals surface area (Å²) in [6, 6.07) is 2.89. The van der Waals surface area contributed by atoms with Gasteiger partial charge in [0.15, 0.2) is 9.84 Å². The first-order valence-corrected chi connectivity index (χ1v) is 7.45. The third-order valence-electron chi connectivity index (χ3n) is 2.87. The van der Waals surface area contributed by atoms with E-state index in [0.717, 1.165) is 0 Å². The van der Waals surface area contributed by atoms with Gasteiger partial charge in [0.05, 0.1) is 17.1 Å². The van der Waals surface area contributed by atoms with Crippen molar-refractivity contribution in [2.75, 3.05) is 29.5 Å². The lowest BCUT2D eigenvalue weighted by atomic mass is 10.2. The first-order chi connectivity index (χ1) is 8.48. The van der Waals surface area contributed by atoms with E-state index in [9.17, 15) is 13.2 Å². The number of nitrogens with zero attached hydrogens (tertiary/aromatic N) is 2. The molecule has 18 heavy (non-hydrogen) atoms. The maximum Gasteiger partial charge on any atom is 0.335 e. The fourth-order valence-electron chi connectivity index (χ4n) is 1.89. The van der Waals surface area contributed by atoms with Gasteiger partial charge in [-0.2, -0.15) is 0 Å². The highest BCUT2D eigenvalue weighted by molar-refractivity contribution is 7.91. The Kier molecular flexibility index (Phi) is 3.51. The zero-order chi connectivity index (χ0) is 13.2. The van der Waals surface area contributed by atoms with Gasteiger partial charge in [-0.15, -0.1) is 0 Å². The second-order valence-corrected chi connectivity index (χ2v) is 6.50. The Balaban J connectivity index is 2.21. The van der Waals surface area contributed by atoms with Crippen molar-refractivity contribution in [2.24, 2.45) is 0 Å². The maximum atomic E-state index is 11.5. The van der Waals surface area contributed by atoms with Crippen LogP contribution in [0.5, 0.6) is 0 Å². The van der Waals surface area contributed by atoms with Crippen LogP contribution in [0.2, 0.25) is 0 Å². The zero-order valence-corrected chi connectivity index (χ0v) is 10.6. The van der Waals surface area contributed by atoms with Crippen LogP contribution in [0.25, 0.3) is 0 Å². The van der Waals surface area contributed by atoms with Crippen LogP contribution in [0.4, 0.5) is 5.82 Å². The van der Waals surface area contributed by atoms with E-state index < -0.39 is 15.8 Å². The first-order valence-electron chi connectivity index (χ1n) is 5.63. The SMILES string of the molecule is O=C(O)c1ccnc(N2CCCS(=O)(=O)CC2)c1. The number of carbonyl (C=O) groups is 1. The van der Waals surface area contributed by atoms with Crippen molar-refractivity contribution < 1.29 is 18.3 Å². The molecular formula is C11H14N2O4S. The number of rotatable bonds is 2. The Morgan fingerprint density at radius 3 is 2.83 bits per heavy atom. The van der Waals surface area contributed by atoms with Gasteiger partial charge in [0.2, 0.25) is 0 Å². The van der Waals surface area contributed by atoms with E-state index in [-0.39, 0.29) is 17.1 Å². The highest BCUT2D eigenvalue weighted by Crippen LogP contribution is 2.16.